The molecule has 0 aliphatic carbocycles. The smallest absolute Gasteiger partial charge is 0.414 e. The average Bonchev–Trinajstić information content (AvgIpc) is 2.38. The Kier molecular flexibility index (Phi) is 3.52. The van der Waals surface area contributed by atoms with E-state index in [-0.39, 0.29) is 12.3 Å². The van der Waals surface area contributed by atoms with Crippen LogP contribution in [0.3, 0.4) is 0 Å². The van der Waals surface area contributed by atoms with Crippen molar-refractivity contribution in [3.8, 4) is 0 Å². The first-order valence-electron chi connectivity index (χ1n) is 5.54. The van der Waals surface area contributed by atoms with Crippen LogP contribution in [0.4, 0.5) is 4.79 Å². The fourth-order valence-electron chi connectivity index (χ4n) is 1.52. The lowest BCUT2D eigenvalue weighted by Gasteiger charge is -2.04. The summed E-state index contributed by atoms with van der Waals surface area (Å²) < 4.78 is 4.62. The lowest BCUT2D eigenvalue weighted by Crippen LogP contribution is -2.31. The van der Waals surface area contributed by atoms with Crippen molar-refractivity contribution in [3.63, 3.8) is 0 Å². The minimum Gasteiger partial charge on any atom is -0.450 e. The number of aromatic nitrogens is 1. The number of ether oxygens (including phenoxy) is 1. The molecule has 0 fully saturated rings. The summed E-state index contributed by atoms with van der Waals surface area (Å²) in [5.74, 6) is -0.570. The van der Waals surface area contributed by atoms with Gasteiger partial charge in [0.25, 0.3) is 5.91 Å². The molecule has 0 radical (unpaired) electrons. The zero-order valence-electron chi connectivity index (χ0n) is 9.84. The molecule has 1 N–H and O–H groups in total. The van der Waals surface area contributed by atoms with Crippen LogP contribution in [0.15, 0.2) is 36.4 Å². The number of imide groups is 1. The van der Waals surface area contributed by atoms with Gasteiger partial charge in [-0.05, 0) is 19.1 Å². The second kappa shape index (κ2) is 5.27. The molecule has 1 aromatic heterocycles. The van der Waals surface area contributed by atoms with Crippen molar-refractivity contribution in [1.82, 2.24) is 10.3 Å². The van der Waals surface area contributed by atoms with Crippen LogP contribution < -0.4 is 5.32 Å². The maximum Gasteiger partial charge on any atom is 0.414 e. The number of nitrogens with zero attached hydrogens (tertiary/aromatic N) is 1. The molecule has 2 amide bonds. The van der Waals surface area contributed by atoms with Crippen molar-refractivity contribution < 1.29 is 14.3 Å². The van der Waals surface area contributed by atoms with Crippen molar-refractivity contribution in [2.75, 3.05) is 6.61 Å². The van der Waals surface area contributed by atoms with Gasteiger partial charge in [0.15, 0.2) is 0 Å². The second-order valence-corrected chi connectivity index (χ2v) is 3.56. The third-order valence-electron chi connectivity index (χ3n) is 2.32. The van der Waals surface area contributed by atoms with Gasteiger partial charge >= 0.3 is 6.09 Å². The molecular weight excluding hydrogens is 232 g/mol. The van der Waals surface area contributed by atoms with Gasteiger partial charge in [-0.3, -0.25) is 10.1 Å². The fraction of sp³-hybridized carbons (Fsp3) is 0.154. The highest BCUT2D eigenvalue weighted by Gasteiger charge is 2.12. The Balaban J connectivity index is 2.20. The van der Waals surface area contributed by atoms with E-state index in [2.05, 4.69) is 15.0 Å². The summed E-state index contributed by atoms with van der Waals surface area (Å²) in [7, 11) is 0. The Morgan fingerprint density at radius 1 is 1.22 bits per heavy atom. The van der Waals surface area contributed by atoms with Gasteiger partial charge in [0.05, 0.1) is 12.1 Å². The van der Waals surface area contributed by atoms with Gasteiger partial charge in [-0.1, -0.05) is 24.3 Å². The number of rotatable bonds is 2. The highest BCUT2D eigenvalue weighted by molar-refractivity contribution is 6.02. The minimum atomic E-state index is -0.766. The Bertz CT molecular complexity index is 596. The van der Waals surface area contributed by atoms with E-state index in [4.69, 9.17) is 0 Å². The number of amides is 2. The van der Waals surface area contributed by atoms with E-state index in [0.29, 0.717) is 5.52 Å². The van der Waals surface area contributed by atoms with Crippen LogP contribution >= 0.6 is 0 Å². The first-order chi connectivity index (χ1) is 8.70. The van der Waals surface area contributed by atoms with Crippen LogP contribution in [0.2, 0.25) is 0 Å². The topological polar surface area (TPSA) is 68.3 Å². The molecule has 2 rings (SSSR count). The molecule has 0 spiro atoms. The zero-order valence-corrected chi connectivity index (χ0v) is 9.84. The van der Waals surface area contributed by atoms with Gasteiger partial charge in [-0.2, -0.15) is 0 Å². The van der Waals surface area contributed by atoms with E-state index >= 15 is 0 Å². The molecule has 0 aliphatic heterocycles. The highest BCUT2D eigenvalue weighted by atomic mass is 16.5. The fourth-order valence-corrected chi connectivity index (χ4v) is 1.52. The molecular formula is C13H12N2O3. The van der Waals surface area contributed by atoms with Crippen molar-refractivity contribution in [2.24, 2.45) is 0 Å². The summed E-state index contributed by atoms with van der Waals surface area (Å²) in [6.45, 7) is 1.88. The van der Waals surface area contributed by atoms with Gasteiger partial charge in [-0.15, -0.1) is 0 Å². The molecule has 0 bridgehead atoms. The lowest BCUT2D eigenvalue weighted by atomic mass is 10.2. The summed E-state index contributed by atoms with van der Waals surface area (Å²) in [4.78, 5) is 27.0. The van der Waals surface area contributed by atoms with E-state index in [1.165, 1.54) is 0 Å². The van der Waals surface area contributed by atoms with Crippen molar-refractivity contribution in [1.29, 1.82) is 0 Å². The summed E-state index contributed by atoms with van der Waals surface area (Å²) in [5.41, 5.74) is 0.885. The molecule has 0 aliphatic rings. The molecule has 0 saturated heterocycles. The molecule has 0 atom stereocenters. The second-order valence-electron chi connectivity index (χ2n) is 3.56. The van der Waals surface area contributed by atoms with E-state index in [1.54, 1.807) is 25.1 Å². The maximum absolute atomic E-state index is 11.7. The quantitative estimate of drug-likeness (QED) is 0.878. The first-order valence-corrected chi connectivity index (χ1v) is 5.54. The summed E-state index contributed by atoms with van der Waals surface area (Å²) in [6, 6.07) is 10.8. The first kappa shape index (κ1) is 12.0. The van der Waals surface area contributed by atoms with Crippen LogP contribution in [0.25, 0.3) is 10.9 Å². The van der Waals surface area contributed by atoms with Crippen LogP contribution in [0.5, 0.6) is 0 Å². The predicted molar refractivity (Wildman–Crippen MR) is 66.2 cm³/mol. The van der Waals surface area contributed by atoms with Crippen LogP contribution in [-0.2, 0) is 4.74 Å². The maximum atomic E-state index is 11.7. The van der Waals surface area contributed by atoms with Crippen molar-refractivity contribution in [3.05, 3.63) is 42.1 Å². The number of pyridine rings is 1. The number of fused-ring (bicyclic) bond motifs is 1. The molecule has 5 nitrogen and oxygen atoms in total. The number of para-hydroxylation sites is 1. The molecule has 5 heteroatoms. The number of nitrogens with one attached hydrogen (secondary N) is 1. The van der Waals surface area contributed by atoms with E-state index in [9.17, 15) is 9.59 Å². The van der Waals surface area contributed by atoms with Crippen molar-refractivity contribution >= 4 is 22.9 Å². The zero-order chi connectivity index (χ0) is 13.0. The lowest BCUT2D eigenvalue weighted by molar-refractivity contribution is 0.0920. The number of hydrogen-bond donors (Lipinski definition) is 1. The van der Waals surface area contributed by atoms with Gasteiger partial charge in [0.2, 0.25) is 0 Å². The molecule has 18 heavy (non-hydrogen) atoms. The van der Waals surface area contributed by atoms with E-state index in [1.807, 2.05) is 18.2 Å². The number of carbonyl (C=O) groups is 2. The molecule has 1 heterocycles. The molecule has 92 valence electrons. The van der Waals surface area contributed by atoms with Gasteiger partial charge in [0.1, 0.15) is 5.69 Å². The monoisotopic (exact) mass is 244 g/mol. The van der Waals surface area contributed by atoms with Gasteiger partial charge in [0, 0.05) is 5.39 Å². The summed E-state index contributed by atoms with van der Waals surface area (Å²) in [6.07, 6.45) is -0.766. The Hall–Kier alpha value is -2.43. The van der Waals surface area contributed by atoms with E-state index < -0.39 is 12.0 Å². The Morgan fingerprint density at radius 2 is 2.00 bits per heavy atom. The van der Waals surface area contributed by atoms with E-state index in [0.717, 1.165) is 5.39 Å². The third kappa shape index (κ3) is 2.63. The van der Waals surface area contributed by atoms with Crippen LogP contribution in [0.1, 0.15) is 17.4 Å². The number of alkyl carbamates (subject to hydrolysis) is 1. The number of hydrogen-bond acceptors (Lipinski definition) is 4. The SMILES string of the molecule is CCOC(=O)NC(=O)c1ccc2ccccc2n1. The molecule has 0 unspecified atom stereocenters. The standard InChI is InChI=1S/C13H12N2O3/c1-2-18-13(17)15-12(16)11-8-7-9-5-3-4-6-10(9)14-11/h3-8H,2H2,1H3,(H,15,16,17). The van der Waals surface area contributed by atoms with Crippen LogP contribution in [-0.4, -0.2) is 23.6 Å². The third-order valence-corrected chi connectivity index (χ3v) is 2.32. The highest BCUT2D eigenvalue weighted by Crippen LogP contribution is 2.11. The molecule has 1 aromatic carbocycles. The molecule has 0 saturated carbocycles. The van der Waals surface area contributed by atoms with Crippen molar-refractivity contribution in [2.45, 2.75) is 6.92 Å². The minimum absolute atomic E-state index is 0.182. The van der Waals surface area contributed by atoms with Gasteiger partial charge < -0.3 is 4.74 Å². The average molecular weight is 244 g/mol. The number of benzene rings is 1. The van der Waals surface area contributed by atoms with Crippen LogP contribution in [0, 0.1) is 0 Å². The summed E-state index contributed by atoms with van der Waals surface area (Å²) >= 11 is 0. The predicted octanol–water partition coefficient (Wildman–Crippen LogP) is 2.12. The Labute approximate surface area is 104 Å². The largest absolute Gasteiger partial charge is 0.450 e. The summed E-state index contributed by atoms with van der Waals surface area (Å²) in [5, 5.41) is 3.03. The Morgan fingerprint density at radius 3 is 2.78 bits per heavy atom. The van der Waals surface area contributed by atoms with Gasteiger partial charge in [-0.25, -0.2) is 9.78 Å². The molecule has 2 aromatic rings. The number of carbonyl (C=O) groups excluding carboxylic acids is 2. The normalized spacial score (nSPS) is 10.1.